The van der Waals surface area contributed by atoms with Crippen LogP contribution in [0.1, 0.15) is 50.3 Å². The summed E-state index contributed by atoms with van der Waals surface area (Å²) in [6, 6.07) is 14.2. The number of aliphatic carboxylic acids is 1. The van der Waals surface area contributed by atoms with Crippen LogP contribution in [0, 0.1) is 11.8 Å². The van der Waals surface area contributed by atoms with Crippen LogP contribution >= 0.6 is 11.6 Å². The van der Waals surface area contributed by atoms with Crippen molar-refractivity contribution in [3.8, 4) is 0 Å². The average molecular weight is 544 g/mol. The third-order valence-corrected chi connectivity index (χ3v) is 6.58. The SMILES string of the molecule is CC(C)C[C@H](NC(=O)OC(Cc1cccc(Cl)c1)c1ccccc1)C(=O)N[C@@H](CC1CCNC1=O)C(=O)O. The first-order valence-electron chi connectivity index (χ1n) is 12.7. The van der Waals surface area contributed by atoms with Gasteiger partial charge in [0.15, 0.2) is 0 Å². The summed E-state index contributed by atoms with van der Waals surface area (Å²) in [4.78, 5) is 49.9. The number of ether oxygens (including phenoxy) is 1. The van der Waals surface area contributed by atoms with Crippen LogP contribution in [-0.4, -0.2) is 47.6 Å². The van der Waals surface area contributed by atoms with E-state index in [-0.39, 0.29) is 24.7 Å². The smallest absolute Gasteiger partial charge is 0.408 e. The van der Waals surface area contributed by atoms with Crippen molar-refractivity contribution in [1.29, 1.82) is 0 Å². The number of amides is 3. The van der Waals surface area contributed by atoms with Crippen LogP contribution in [0.15, 0.2) is 54.6 Å². The highest BCUT2D eigenvalue weighted by atomic mass is 35.5. The summed E-state index contributed by atoms with van der Waals surface area (Å²) in [5, 5.41) is 18.0. The zero-order valence-electron chi connectivity index (χ0n) is 21.5. The van der Waals surface area contributed by atoms with Gasteiger partial charge in [0.2, 0.25) is 11.8 Å². The number of carbonyl (C=O) groups excluding carboxylic acids is 3. The van der Waals surface area contributed by atoms with Crippen molar-refractivity contribution in [2.75, 3.05) is 6.54 Å². The minimum atomic E-state index is -1.26. The van der Waals surface area contributed by atoms with Gasteiger partial charge in [0.25, 0.3) is 0 Å². The van der Waals surface area contributed by atoms with Gasteiger partial charge in [-0.3, -0.25) is 9.59 Å². The highest BCUT2D eigenvalue weighted by Gasteiger charge is 2.33. The molecule has 38 heavy (non-hydrogen) atoms. The van der Waals surface area contributed by atoms with Crippen molar-refractivity contribution < 1.29 is 29.0 Å². The fourth-order valence-electron chi connectivity index (χ4n) is 4.43. The van der Waals surface area contributed by atoms with Crippen LogP contribution in [-0.2, 0) is 25.5 Å². The molecule has 2 unspecified atom stereocenters. The number of benzene rings is 2. The van der Waals surface area contributed by atoms with Gasteiger partial charge in [-0.15, -0.1) is 0 Å². The molecule has 3 amide bonds. The summed E-state index contributed by atoms with van der Waals surface area (Å²) in [7, 11) is 0. The van der Waals surface area contributed by atoms with E-state index in [0.717, 1.165) is 11.1 Å². The van der Waals surface area contributed by atoms with Gasteiger partial charge in [-0.05, 0) is 48.4 Å². The Morgan fingerprint density at radius 3 is 2.42 bits per heavy atom. The molecule has 0 bridgehead atoms. The fourth-order valence-corrected chi connectivity index (χ4v) is 4.64. The lowest BCUT2D eigenvalue weighted by molar-refractivity contribution is -0.143. The average Bonchev–Trinajstić information content (AvgIpc) is 3.27. The second-order valence-corrected chi connectivity index (χ2v) is 10.3. The normalized spacial score (nSPS) is 17.3. The predicted molar refractivity (Wildman–Crippen MR) is 142 cm³/mol. The molecule has 204 valence electrons. The molecule has 1 aliphatic rings. The molecule has 3 rings (SSSR count). The quantitative estimate of drug-likeness (QED) is 0.321. The molecule has 10 heteroatoms. The van der Waals surface area contributed by atoms with Crippen molar-refractivity contribution in [2.45, 2.75) is 57.7 Å². The molecule has 4 N–H and O–H groups in total. The van der Waals surface area contributed by atoms with Crippen molar-refractivity contribution in [2.24, 2.45) is 11.8 Å². The van der Waals surface area contributed by atoms with Crippen molar-refractivity contribution in [3.63, 3.8) is 0 Å². The largest absolute Gasteiger partial charge is 0.480 e. The monoisotopic (exact) mass is 543 g/mol. The molecule has 1 saturated heterocycles. The Kier molecular flexibility index (Phi) is 10.5. The van der Waals surface area contributed by atoms with Crippen molar-refractivity contribution in [1.82, 2.24) is 16.0 Å². The third-order valence-electron chi connectivity index (χ3n) is 6.34. The lowest BCUT2D eigenvalue weighted by Crippen LogP contribution is -2.52. The maximum Gasteiger partial charge on any atom is 0.408 e. The van der Waals surface area contributed by atoms with Crippen LogP contribution in [0.3, 0.4) is 0 Å². The molecule has 0 aliphatic carbocycles. The molecule has 1 aliphatic heterocycles. The molecular formula is C28H34ClN3O6. The van der Waals surface area contributed by atoms with E-state index in [1.807, 2.05) is 56.3 Å². The first-order chi connectivity index (χ1) is 18.1. The van der Waals surface area contributed by atoms with E-state index in [4.69, 9.17) is 16.3 Å². The second kappa shape index (κ2) is 13.8. The van der Waals surface area contributed by atoms with E-state index in [0.29, 0.717) is 24.4 Å². The summed E-state index contributed by atoms with van der Waals surface area (Å²) in [6.07, 6.45) is -0.341. The Balaban J connectivity index is 1.71. The van der Waals surface area contributed by atoms with Crippen LogP contribution in [0.2, 0.25) is 5.02 Å². The Morgan fingerprint density at radius 1 is 1.08 bits per heavy atom. The first kappa shape index (κ1) is 29.0. The third kappa shape index (κ3) is 8.76. The minimum absolute atomic E-state index is 0.0197. The maximum atomic E-state index is 13.1. The minimum Gasteiger partial charge on any atom is -0.480 e. The Bertz CT molecular complexity index is 1130. The van der Waals surface area contributed by atoms with Gasteiger partial charge in [0, 0.05) is 23.9 Å². The van der Waals surface area contributed by atoms with Gasteiger partial charge < -0.3 is 25.8 Å². The number of carboxylic acids is 1. The summed E-state index contributed by atoms with van der Waals surface area (Å²) >= 11 is 6.13. The maximum absolute atomic E-state index is 13.1. The van der Waals surface area contributed by atoms with Gasteiger partial charge in [-0.1, -0.05) is 67.9 Å². The number of carboxylic acid groups (broad SMARTS) is 1. The number of alkyl carbamates (subject to hydrolysis) is 1. The lowest BCUT2D eigenvalue weighted by atomic mass is 9.97. The molecule has 0 saturated carbocycles. The van der Waals surface area contributed by atoms with E-state index < -0.39 is 42.1 Å². The standard InChI is InChI=1S/C28H34ClN3O6/c1-17(2)13-22(26(34)31-23(27(35)36)16-20-11-12-30-25(20)33)32-28(37)38-24(19-8-4-3-5-9-19)15-18-7-6-10-21(29)14-18/h3-10,14,17,20,22-24H,11-13,15-16H2,1-2H3,(H,30,33)(H,31,34)(H,32,37)(H,35,36)/t20?,22-,23-,24?/m0/s1. The summed E-state index contributed by atoms with van der Waals surface area (Å²) in [6.45, 7) is 4.25. The van der Waals surface area contributed by atoms with Crippen molar-refractivity contribution >= 4 is 35.5 Å². The van der Waals surface area contributed by atoms with Crippen LogP contribution < -0.4 is 16.0 Å². The van der Waals surface area contributed by atoms with E-state index in [1.54, 1.807) is 12.1 Å². The molecule has 2 aromatic rings. The molecule has 2 aromatic carbocycles. The molecular weight excluding hydrogens is 510 g/mol. The number of hydrogen-bond acceptors (Lipinski definition) is 5. The molecule has 0 aromatic heterocycles. The van der Waals surface area contributed by atoms with Gasteiger partial charge in [0.1, 0.15) is 18.2 Å². The van der Waals surface area contributed by atoms with Crippen molar-refractivity contribution in [3.05, 3.63) is 70.7 Å². The summed E-state index contributed by atoms with van der Waals surface area (Å²) in [5.74, 6) is -2.58. The zero-order chi connectivity index (χ0) is 27.7. The lowest BCUT2D eigenvalue weighted by Gasteiger charge is -2.25. The molecule has 0 radical (unpaired) electrons. The summed E-state index contributed by atoms with van der Waals surface area (Å²) < 4.78 is 5.77. The number of halogens is 1. The number of nitrogens with one attached hydrogen (secondary N) is 3. The van der Waals surface area contributed by atoms with Crippen LogP contribution in [0.25, 0.3) is 0 Å². The fraction of sp³-hybridized carbons (Fsp3) is 0.429. The van der Waals surface area contributed by atoms with Gasteiger partial charge in [0.05, 0.1) is 0 Å². The van der Waals surface area contributed by atoms with Gasteiger partial charge in [-0.2, -0.15) is 0 Å². The van der Waals surface area contributed by atoms with E-state index in [1.165, 1.54) is 0 Å². The Morgan fingerprint density at radius 2 is 1.82 bits per heavy atom. The molecule has 4 atom stereocenters. The number of hydrogen-bond donors (Lipinski definition) is 4. The summed E-state index contributed by atoms with van der Waals surface area (Å²) in [5.41, 5.74) is 1.64. The van der Waals surface area contributed by atoms with E-state index in [2.05, 4.69) is 16.0 Å². The molecule has 9 nitrogen and oxygen atoms in total. The first-order valence-corrected chi connectivity index (χ1v) is 13.1. The highest BCUT2D eigenvalue weighted by molar-refractivity contribution is 6.30. The molecule has 0 spiro atoms. The predicted octanol–water partition coefficient (Wildman–Crippen LogP) is 3.86. The molecule has 1 fully saturated rings. The molecule has 1 heterocycles. The number of carbonyl (C=O) groups is 4. The van der Waals surface area contributed by atoms with Crippen LogP contribution in [0.4, 0.5) is 4.79 Å². The highest BCUT2D eigenvalue weighted by Crippen LogP contribution is 2.24. The van der Waals surface area contributed by atoms with Gasteiger partial charge in [-0.25, -0.2) is 9.59 Å². The Labute approximate surface area is 227 Å². The van der Waals surface area contributed by atoms with E-state index >= 15 is 0 Å². The topological polar surface area (TPSA) is 134 Å². The zero-order valence-corrected chi connectivity index (χ0v) is 22.2. The number of rotatable bonds is 12. The van der Waals surface area contributed by atoms with Gasteiger partial charge >= 0.3 is 12.1 Å². The van der Waals surface area contributed by atoms with E-state index in [9.17, 15) is 24.3 Å². The Hall–Kier alpha value is -3.59. The van der Waals surface area contributed by atoms with Crippen LogP contribution in [0.5, 0.6) is 0 Å². The second-order valence-electron chi connectivity index (χ2n) is 9.88.